The van der Waals surface area contributed by atoms with Crippen molar-refractivity contribution in [3.05, 3.63) is 29.8 Å². The minimum atomic E-state index is -0.178. The van der Waals surface area contributed by atoms with Crippen LogP contribution in [0.1, 0.15) is 12.0 Å². The number of carbonyl (C=O) groups is 2. The van der Waals surface area contributed by atoms with Crippen LogP contribution in [0, 0.1) is 11.3 Å². The Kier molecular flexibility index (Phi) is 4.90. The second-order valence-electron chi connectivity index (χ2n) is 5.12. The zero-order chi connectivity index (χ0) is 15.2. The minimum Gasteiger partial charge on any atom is -0.345 e. The van der Waals surface area contributed by atoms with E-state index in [0.717, 1.165) is 19.5 Å². The van der Waals surface area contributed by atoms with Crippen molar-refractivity contribution in [2.24, 2.45) is 0 Å². The van der Waals surface area contributed by atoms with Gasteiger partial charge in [-0.15, -0.1) is 0 Å². The Morgan fingerprint density at radius 3 is 3.00 bits per heavy atom. The largest absolute Gasteiger partial charge is 0.345 e. The molecule has 1 saturated heterocycles. The molecule has 6 nitrogen and oxygen atoms in total. The fourth-order valence-corrected chi connectivity index (χ4v) is 2.25. The number of nitriles is 1. The second-order valence-corrected chi connectivity index (χ2v) is 5.12. The molecule has 1 fully saturated rings. The van der Waals surface area contributed by atoms with Crippen LogP contribution < -0.4 is 5.32 Å². The van der Waals surface area contributed by atoms with E-state index in [1.54, 1.807) is 36.2 Å². The van der Waals surface area contributed by atoms with Gasteiger partial charge in [0.05, 0.1) is 24.7 Å². The van der Waals surface area contributed by atoms with Gasteiger partial charge in [-0.3, -0.25) is 14.5 Å². The summed E-state index contributed by atoms with van der Waals surface area (Å²) in [4.78, 5) is 27.3. The number of rotatable bonds is 3. The van der Waals surface area contributed by atoms with E-state index in [4.69, 9.17) is 5.26 Å². The molecule has 1 aromatic rings. The highest BCUT2D eigenvalue weighted by atomic mass is 16.2. The summed E-state index contributed by atoms with van der Waals surface area (Å²) in [6.45, 7) is 1.89. The normalized spacial score (nSPS) is 16.2. The smallest absolute Gasteiger partial charge is 0.238 e. The first kappa shape index (κ1) is 15.0. The Morgan fingerprint density at radius 1 is 1.43 bits per heavy atom. The van der Waals surface area contributed by atoms with Crippen molar-refractivity contribution in [2.75, 3.05) is 38.5 Å². The Balaban J connectivity index is 1.92. The number of carbonyl (C=O) groups excluding carboxylic acids is 2. The molecule has 0 saturated carbocycles. The fraction of sp³-hybridized carbons (Fsp3) is 0.400. The van der Waals surface area contributed by atoms with E-state index in [0.29, 0.717) is 11.3 Å². The van der Waals surface area contributed by atoms with Crippen molar-refractivity contribution in [3.63, 3.8) is 0 Å². The first-order valence-corrected chi connectivity index (χ1v) is 6.85. The predicted molar refractivity (Wildman–Crippen MR) is 78.5 cm³/mol. The maximum absolute atomic E-state index is 12.0. The molecule has 0 radical (unpaired) electrons. The maximum atomic E-state index is 12.0. The van der Waals surface area contributed by atoms with Crippen molar-refractivity contribution in [2.45, 2.75) is 6.42 Å². The summed E-state index contributed by atoms with van der Waals surface area (Å²) in [5, 5.41) is 11.6. The average molecular weight is 286 g/mol. The molecule has 2 rings (SSSR count). The van der Waals surface area contributed by atoms with Crippen LogP contribution in [0.25, 0.3) is 0 Å². The number of amides is 2. The van der Waals surface area contributed by atoms with Crippen molar-refractivity contribution in [1.82, 2.24) is 9.80 Å². The van der Waals surface area contributed by atoms with Crippen molar-refractivity contribution < 1.29 is 9.59 Å². The summed E-state index contributed by atoms with van der Waals surface area (Å²) in [5.74, 6) is -0.144. The highest BCUT2D eigenvalue weighted by Crippen LogP contribution is 2.10. The van der Waals surface area contributed by atoms with Gasteiger partial charge in [-0.25, -0.2) is 0 Å². The van der Waals surface area contributed by atoms with E-state index in [1.807, 2.05) is 11.0 Å². The van der Waals surface area contributed by atoms with Gasteiger partial charge in [0.1, 0.15) is 0 Å². The number of likely N-dealkylation sites (N-methyl/N-ethyl adjacent to an activating group) is 1. The summed E-state index contributed by atoms with van der Waals surface area (Å²) in [7, 11) is 1.78. The van der Waals surface area contributed by atoms with E-state index in [2.05, 4.69) is 5.32 Å². The number of benzene rings is 1. The SMILES string of the molecule is CN1CCCN(CC(=O)Nc2cccc(C#N)c2)CC1=O. The molecule has 0 unspecified atom stereocenters. The molecule has 1 N–H and O–H groups in total. The number of nitrogens with zero attached hydrogens (tertiary/aromatic N) is 3. The van der Waals surface area contributed by atoms with E-state index in [1.165, 1.54) is 0 Å². The lowest BCUT2D eigenvalue weighted by molar-refractivity contribution is -0.130. The lowest BCUT2D eigenvalue weighted by Crippen LogP contribution is -2.38. The van der Waals surface area contributed by atoms with Crippen LogP contribution in [-0.4, -0.2) is 54.8 Å². The van der Waals surface area contributed by atoms with E-state index in [-0.39, 0.29) is 24.9 Å². The summed E-state index contributed by atoms with van der Waals surface area (Å²) in [6, 6.07) is 8.79. The van der Waals surface area contributed by atoms with Crippen LogP contribution in [0.3, 0.4) is 0 Å². The van der Waals surface area contributed by atoms with Gasteiger partial charge in [0, 0.05) is 25.8 Å². The highest BCUT2D eigenvalue weighted by Gasteiger charge is 2.20. The van der Waals surface area contributed by atoms with E-state index < -0.39 is 0 Å². The van der Waals surface area contributed by atoms with Gasteiger partial charge in [0.15, 0.2) is 0 Å². The molecular weight excluding hydrogens is 268 g/mol. The topological polar surface area (TPSA) is 76.4 Å². The third kappa shape index (κ3) is 4.29. The molecule has 0 atom stereocenters. The standard InChI is InChI=1S/C15H18N4O2/c1-18-6-3-7-19(11-15(18)21)10-14(20)17-13-5-2-4-12(8-13)9-16/h2,4-5,8H,3,6-7,10-11H2,1H3,(H,17,20). The van der Waals surface area contributed by atoms with Gasteiger partial charge in [-0.1, -0.05) is 6.07 Å². The maximum Gasteiger partial charge on any atom is 0.238 e. The second kappa shape index (κ2) is 6.86. The van der Waals surface area contributed by atoms with Gasteiger partial charge >= 0.3 is 0 Å². The van der Waals surface area contributed by atoms with Gasteiger partial charge in [0.2, 0.25) is 11.8 Å². The van der Waals surface area contributed by atoms with Gasteiger partial charge in [-0.2, -0.15) is 5.26 Å². The number of hydrogen-bond donors (Lipinski definition) is 1. The quantitative estimate of drug-likeness (QED) is 0.885. The zero-order valence-corrected chi connectivity index (χ0v) is 12.0. The summed E-state index contributed by atoms with van der Waals surface area (Å²) < 4.78 is 0. The van der Waals surface area contributed by atoms with Gasteiger partial charge in [-0.05, 0) is 24.6 Å². The molecule has 1 aliphatic rings. The molecule has 0 aromatic heterocycles. The monoisotopic (exact) mass is 286 g/mol. The van der Waals surface area contributed by atoms with E-state index >= 15 is 0 Å². The predicted octanol–water partition coefficient (Wildman–Crippen LogP) is 0.661. The third-order valence-corrected chi connectivity index (χ3v) is 3.40. The molecule has 1 heterocycles. The summed E-state index contributed by atoms with van der Waals surface area (Å²) in [5.41, 5.74) is 1.09. The third-order valence-electron chi connectivity index (χ3n) is 3.40. The lowest BCUT2D eigenvalue weighted by Gasteiger charge is -2.18. The molecular formula is C15H18N4O2. The molecule has 2 amide bonds. The van der Waals surface area contributed by atoms with Crippen LogP contribution in [0.5, 0.6) is 0 Å². The van der Waals surface area contributed by atoms with E-state index in [9.17, 15) is 9.59 Å². The Hall–Kier alpha value is -2.39. The highest BCUT2D eigenvalue weighted by molar-refractivity contribution is 5.92. The molecule has 110 valence electrons. The molecule has 1 aromatic carbocycles. The van der Waals surface area contributed by atoms with Gasteiger partial charge < -0.3 is 10.2 Å². The Morgan fingerprint density at radius 2 is 2.24 bits per heavy atom. The molecule has 6 heteroatoms. The molecule has 1 aliphatic heterocycles. The van der Waals surface area contributed by atoms with Crippen LogP contribution in [0.2, 0.25) is 0 Å². The lowest BCUT2D eigenvalue weighted by atomic mass is 10.2. The Bertz CT molecular complexity index is 579. The molecule has 0 aliphatic carbocycles. The number of anilines is 1. The molecule has 0 spiro atoms. The number of hydrogen-bond acceptors (Lipinski definition) is 4. The van der Waals surface area contributed by atoms with Gasteiger partial charge in [0.25, 0.3) is 0 Å². The van der Waals surface area contributed by atoms with Crippen LogP contribution in [0.4, 0.5) is 5.69 Å². The fourth-order valence-electron chi connectivity index (χ4n) is 2.25. The van der Waals surface area contributed by atoms with Crippen LogP contribution in [-0.2, 0) is 9.59 Å². The summed E-state index contributed by atoms with van der Waals surface area (Å²) >= 11 is 0. The average Bonchev–Trinajstić information content (AvgIpc) is 2.61. The minimum absolute atomic E-state index is 0.0341. The molecule has 0 bridgehead atoms. The first-order valence-electron chi connectivity index (χ1n) is 6.85. The van der Waals surface area contributed by atoms with Crippen molar-refractivity contribution in [1.29, 1.82) is 5.26 Å². The van der Waals surface area contributed by atoms with Crippen molar-refractivity contribution >= 4 is 17.5 Å². The zero-order valence-electron chi connectivity index (χ0n) is 12.0. The number of nitrogens with one attached hydrogen (secondary N) is 1. The Labute approximate surface area is 123 Å². The van der Waals surface area contributed by atoms with Crippen LogP contribution in [0.15, 0.2) is 24.3 Å². The van der Waals surface area contributed by atoms with Crippen LogP contribution >= 0.6 is 0 Å². The first-order chi connectivity index (χ1) is 10.1. The van der Waals surface area contributed by atoms with Crippen molar-refractivity contribution in [3.8, 4) is 6.07 Å². The molecule has 21 heavy (non-hydrogen) atoms. The summed E-state index contributed by atoms with van der Waals surface area (Å²) in [6.07, 6.45) is 0.861.